The van der Waals surface area contributed by atoms with Gasteiger partial charge >= 0.3 is 37.4 Å². The zero-order valence-corrected chi connectivity index (χ0v) is 20.8. The van der Waals surface area contributed by atoms with Gasteiger partial charge in [-0.05, 0) is 24.7 Å². The minimum absolute atomic E-state index is 0. The third kappa shape index (κ3) is 15.2. The Morgan fingerprint density at radius 1 is 0.885 bits per heavy atom. The van der Waals surface area contributed by atoms with Crippen LogP contribution in [0.3, 0.4) is 0 Å². The first-order chi connectivity index (χ1) is 11.7. The molecule has 0 rings (SSSR count). The Morgan fingerprint density at radius 3 is 1.69 bits per heavy atom. The van der Waals surface area contributed by atoms with E-state index in [1.807, 2.05) is 13.8 Å². The SMILES string of the molecule is CCCCC(CC)COP(=O)([O-])OP(=O)(O)OCC(CC)CCCC.[Na+]. The van der Waals surface area contributed by atoms with Crippen molar-refractivity contribution in [1.82, 2.24) is 0 Å². The normalized spacial score (nSPS) is 18.4. The molecule has 26 heavy (non-hydrogen) atoms. The third-order valence-corrected chi connectivity index (χ3v) is 6.80. The van der Waals surface area contributed by atoms with Crippen molar-refractivity contribution in [3.8, 4) is 0 Å². The summed E-state index contributed by atoms with van der Waals surface area (Å²) < 4.78 is 37.6. The number of unbranched alkanes of at least 4 members (excludes halogenated alkanes) is 2. The van der Waals surface area contributed by atoms with Crippen molar-refractivity contribution in [3.05, 3.63) is 0 Å². The fourth-order valence-corrected chi connectivity index (χ4v) is 4.55. The number of rotatable bonds is 16. The van der Waals surface area contributed by atoms with E-state index in [-0.39, 0.29) is 54.6 Å². The maximum atomic E-state index is 11.9. The monoisotopic (exact) mass is 424 g/mol. The molecule has 4 unspecified atom stereocenters. The minimum Gasteiger partial charge on any atom is -0.756 e. The maximum absolute atomic E-state index is 11.9. The number of phosphoric ester groups is 2. The molecule has 0 radical (unpaired) electrons. The van der Waals surface area contributed by atoms with Gasteiger partial charge in [0.15, 0.2) is 0 Å². The van der Waals surface area contributed by atoms with Crippen molar-refractivity contribution < 1.29 is 61.8 Å². The van der Waals surface area contributed by atoms with E-state index in [0.717, 1.165) is 51.4 Å². The Hall–Kier alpha value is 1.26. The summed E-state index contributed by atoms with van der Waals surface area (Å²) in [4.78, 5) is 21.4. The smallest absolute Gasteiger partial charge is 0.756 e. The van der Waals surface area contributed by atoms with E-state index in [1.54, 1.807) is 0 Å². The van der Waals surface area contributed by atoms with Crippen LogP contribution < -0.4 is 34.5 Å². The molecule has 0 aliphatic heterocycles. The van der Waals surface area contributed by atoms with Gasteiger partial charge in [-0.2, -0.15) is 0 Å². The fourth-order valence-electron chi connectivity index (χ4n) is 2.37. The van der Waals surface area contributed by atoms with Crippen LogP contribution in [0.4, 0.5) is 0 Å². The molecular weight excluding hydrogens is 389 g/mol. The van der Waals surface area contributed by atoms with Gasteiger partial charge in [-0.1, -0.05) is 66.2 Å². The molecule has 0 heterocycles. The Bertz CT molecular complexity index is 399. The van der Waals surface area contributed by atoms with E-state index >= 15 is 0 Å². The third-order valence-electron chi connectivity index (χ3n) is 4.23. The van der Waals surface area contributed by atoms with E-state index in [0.29, 0.717) is 0 Å². The molecule has 0 amide bonds. The van der Waals surface area contributed by atoms with Gasteiger partial charge < -0.3 is 14.3 Å². The molecule has 0 aliphatic rings. The van der Waals surface area contributed by atoms with Crippen LogP contribution in [0.25, 0.3) is 0 Å². The summed E-state index contributed by atoms with van der Waals surface area (Å²) in [6.45, 7) is 7.95. The maximum Gasteiger partial charge on any atom is 1.00 e. The van der Waals surface area contributed by atoms with Crippen molar-refractivity contribution in [2.24, 2.45) is 11.8 Å². The molecule has 0 fully saturated rings. The van der Waals surface area contributed by atoms with Gasteiger partial charge in [-0.3, -0.25) is 9.09 Å². The van der Waals surface area contributed by atoms with Gasteiger partial charge in [0.05, 0.1) is 13.2 Å². The second kappa shape index (κ2) is 16.1. The predicted molar refractivity (Wildman–Crippen MR) is 97.0 cm³/mol. The predicted octanol–water partition coefficient (Wildman–Crippen LogP) is 2.04. The molecule has 0 spiro atoms. The van der Waals surface area contributed by atoms with Crippen LogP contribution in [0.2, 0.25) is 0 Å². The molecule has 4 atom stereocenters. The van der Waals surface area contributed by atoms with Crippen LogP contribution in [0.1, 0.15) is 79.1 Å². The van der Waals surface area contributed by atoms with E-state index < -0.39 is 15.6 Å². The molecule has 0 saturated heterocycles. The quantitative estimate of drug-likeness (QED) is 0.299. The molecule has 0 aromatic carbocycles. The Labute approximate surface area is 181 Å². The second-order valence-electron chi connectivity index (χ2n) is 6.42. The van der Waals surface area contributed by atoms with Crippen LogP contribution in [0.15, 0.2) is 0 Å². The number of hydrogen-bond acceptors (Lipinski definition) is 6. The summed E-state index contributed by atoms with van der Waals surface area (Å²) in [5.74, 6) is 0.165. The van der Waals surface area contributed by atoms with Crippen LogP contribution in [-0.4, -0.2) is 18.1 Å². The van der Waals surface area contributed by atoms with Gasteiger partial charge in [-0.25, -0.2) is 8.88 Å². The first-order valence-corrected chi connectivity index (χ1v) is 12.3. The molecule has 0 bridgehead atoms. The minimum atomic E-state index is -4.89. The molecule has 7 nitrogen and oxygen atoms in total. The fraction of sp³-hybridized carbons (Fsp3) is 1.00. The van der Waals surface area contributed by atoms with Crippen molar-refractivity contribution >= 4 is 15.6 Å². The van der Waals surface area contributed by atoms with Crippen molar-refractivity contribution in [3.63, 3.8) is 0 Å². The summed E-state index contributed by atoms with van der Waals surface area (Å²) in [5, 5.41) is 0. The van der Waals surface area contributed by atoms with E-state index in [9.17, 15) is 18.9 Å². The Balaban J connectivity index is 0. The standard InChI is InChI=1S/C16H36O7P2.Na/c1-5-9-11-15(7-3)13-21-24(17,18)23-25(19,20)22-14-16(8-4)12-10-6-2;/h15-16H,5-14H2,1-4H3,(H,17,18)(H,19,20);/q;+1/p-1. The van der Waals surface area contributed by atoms with Crippen LogP contribution in [-0.2, 0) is 22.5 Å². The summed E-state index contributed by atoms with van der Waals surface area (Å²) in [5.41, 5.74) is 0. The van der Waals surface area contributed by atoms with Crippen LogP contribution >= 0.6 is 15.6 Å². The molecule has 0 aromatic heterocycles. The van der Waals surface area contributed by atoms with Gasteiger partial charge in [0.2, 0.25) is 0 Å². The molecule has 0 saturated carbocycles. The molecule has 0 aliphatic carbocycles. The van der Waals surface area contributed by atoms with Crippen LogP contribution in [0.5, 0.6) is 0 Å². The van der Waals surface area contributed by atoms with Gasteiger partial charge in [0.1, 0.15) is 0 Å². The summed E-state index contributed by atoms with van der Waals surface area (Å²) in [6, 6.07) is 0. The molecule has 10 heteroatoms. The zero-order valence-electron chi connectivity index (χ0n) is 17.0. The van der Waals surface area contributed by atoms with E-state index in [4.69, 9.17) is 9.05 Å². The Morgan fingerprint density at radius 2 is 1.31 bits per heavy atom. The van der Waals surface area contributed by atoms with E-state index in [1.165, 1.54) is 0 Å². The van der Waals surface area contributed by atoms with Crippen molar-refractivity contribution in [1.29, 1.82) is 0 Å². The first-order valence-electron chi connectivity index (χ1n) is 9.33. The number of hydrogen-bond donors (Lipinski definition) is 1. The Kier molecular flexibility index (Phi) is 18.2. The molecular formula is C16H35NaO7P2. The van der Waals surface area contributed by atoms with Gasteiger partial charge in [-0.15, -0.1) is 0 Å². The largest absolute Gasteiger partial charge is 1.00 e. The number of phosphoric acid groups is 2. The molecule has 1 N–H and O–H groups in total. The van der Waals surface area contributed by atoms with Gasteiger partial charge in [0, 0.05) is 0 Å². The summed E-state index contributed by atoms with van der Waals surface area (Å²) >= 11 is 0. The van der Waals surface area contributed by atoms with Crippen molar-refractivity contribution in [2.75, 3.05) is 13.2 Å². The van der Waals surface area contributed by atoms with E-state index in [2.05, 4.69) is 18.2 Å². The second-order valence-corrected chi connectivity index (χ2v) is 9.42. The zero-order chi connectivity index (χ0) is 19.3. The average Bonchev–Trinajstić information content (AvgIpc) is 2.54. The summed E-state index contributed by atoms with van der Waals surface area (Å²) in [7, 11) is -9.59. The molecule has 0 aromatic rings. The van der Waals surface area contributed by atoms with Crippen molar-refractivity contribution in [2.45, 2.75) is 79.1 Å². The topological polar surface area (TPSA) is 105 Å². The molecule has 152 valence electrons. The van der Waals surface area contributed by atoms with Gasteiger partial charge in [0.25, 0.3) is 7.82 Å². The summed E-state index contributed by atoms with van der Waals surface area (Å²) in [6.07, 6.45) is 7.23. The van der Waals surface area contributed by atoms with Crippen LogP contribution in [0, 0.1) is 11.8 Å². The average molecular weight is 424 g/mol. The first kappa shape index (κ1) is 29.5.